The van der Waals surface area contributed by atoms with Gasteiger partial charge in [0.05, 0.1) is 28.9 Å². The highest BCUT2D eigenvalue weighted by Gasteiger charge is 2.15. The summed E-state index contributed by atoms with van der Waals surface area (Å²) in [5.74, 6) is 0. The largest absolute Gasteiger partial charge is 0.629 e. The van der Waals surface area contributed by atoms with Gasteiger partial charge in [-0.25, -0.2) is 0 Å². The van der Waals surface area contributed by atoms with Gasteiger partial charge in [-0.3, -0.25) is 0 Å². The van der Waals surface area contributed by atoms with Crippen LogP contribution in [0.5, 0.6) is 0 Å². The van der Waals surface area contributed by atoms with Gasteiger partial charge in [-0.2, -0.15) is 0 Å². The van der Waals surface area contributed by atoms with Crippen molar-refractivity contribution in [1.82, 2.24) is 0 Å². The van der Waals surface area contributed by atoms with Crippen LogP contribution in [0.1, 0.15) is 6.92 Å². The van der Waals surface area contributed by atoms with Crippen LogP contribution in [-0.2, 0) is 0 Å². The van der Waals surface area contributed by atoms with Crippen LogP contribution in [0.4, 0.5) is 0 Å². The molecule has 0 rings (SSSR count). The van der Waals surface area contributed by atoms with Crippen LogP contribution in [-0.4, -0.2) is 54.4 Å². The molecule has 0 aromatic rings. The maximum Gasteiger partial charge on any atom is 0.273 e. The highest BCUT2D eigenvalue weighted by atomic mass is 31.1. The minimum absolute atomic E-state index is 0. The zero-order valence-corrected chi connectivity index (χ0v) is 9.06. The van der Waals surface area contributed by atoms with Gasteiger partial charge in [0.2, 0.25) is 0 Å². The van der Waals surface area contributed by atoms with Crippen molar-refractivity contribution in [2.45, 2.75) is 6.92 Å². The molecule has 1 unspecified atom stereocenters. The molecule has 0 radical (unpaired) electrons. The predicted octanol–water partition coefficient (Wildman–Crippen LogP) is -0.853. The SMILES string of the molecule is CC[P+]([O-])=C(O)C[N+](C)(C)C.O. The fourth-order valence-electron chi connectivity index (χ4n) is 0.686. The summed E-state index contributed by atoms with van der Waals surface area (Å²) in [6, 6.07) is 0. The van der Waals surface area contributed by atoms with Gasteiger partial charge in [-0.05, 0) is 6.92 Å². The second kappa shape index (κ2) is 5.62. The molecule has 0 aliphatic heterocycles. The van der Waals surface area contributed by atoms with Crippen LogP contribution in [0, 0.1) is 0 Å². The fourth-order valence-corrected chi connectivity index (χ4v) is 1.63. The number of rotatable bonds is 3. The van der Waals surface area contributed by atoms with Gasteiger partial charge < -0.3 is 20.0 Å². The van der Waals surface area contributed by atoms with Crippen molar-refractivity contribution in [2.75, 3.05) is 33.8 Å². The molecule has 0 aromatic carbocycles. The number of quaternary nitrogens is 1. The Hall–Kier alpha value is 0.0100. The van der Waals surface area contributed by atoms with Crippen LogP contribution >= 0.6 is 7.77 Å². The molecule has 5 heteroatoms. The molecule has 0 heterocycles. The molecule has 0 aliphatic rings. The van der Waals surface area contributed by atoms with Crippen molar-refractivity contribution in [3.05, 3.63) is 0 Å². The van der Waals surface area contributed by atoms with E-state index in [2.05, 4.69) is 0 Å². The minimum atomic E-state index is -1.50. The van der Waals surface area contributed by atoms with E-state index < -0.39 is 7.77 Å². The molecule has 0 aromatic heterocycles. The monoisotopic (exact) mass is 196 g/mol. The van der Waals surface area contributed by atoms with E-state index in [0.717, 1.165) is 0 Å². The molecule has 0 amide bonds. The standard InChI is InChI=1S/C7H16NO2P.H2O/c1-5-11(10)7(9)6-8(2,3)4;/h5-6H2,1-4H3;1H2/p+1. The highest BCUT2D eigenvalue weighted by molar-refractivity contribution is 7.51. The first-order chi connectivity index (χ1) is 4.87. The maximum atomic E-state index is 11.0. The second-order valence-electron chi connectivity index (χ2n) is 3.56. The Kier molecular flexibility index (Phi) is 6.81. The Morgan fingerprint density at radius 3 is 2.08 bits per heavy atom. The van der Waals surface area contributed by atoms with Crippen molar-refractivity contribution in [1.29, 1.82) is 0 Å². The van der Waals surface area contributed by atoms with E-state index in [-0.39, 0.29) is 11.0 Å². The van der Waals surface area contributed by atoms with E-state index in [1.165, 1.54) is 0 Å². The molecule has 0 saturated carbocycles. The van der Waals surface area contributed by atoms with Crippen LogP contribution < -0.4 is 4.89 Å². The van der Waals surface area contributed by atoms with Crippen LogP contribution in [0.25, 0.3) is 0 Å². The van der Waals surface area contributed by atoms with Crippen molar-refractivity contribution in [3.8, 4) is 0 Å². The first-order valence-corrected chi connectivity index (χ1v) is 5.11. The lowest BCUT2D eigenvalue weighted by atomic mass is 10.5. The third-order valence-corrected chi connectivity index (χ3v) is 2.48. The number of aliphatic hydroxyl groups excluding tert-OH is 1. The Balaban J connectivity index is 0. The first-order valence-electron chi connectivity index (χ1n) is 3.66. The molecular weight excluding hydrogens is 177 g/mol. The maximum absolute atomic E-state index is 11.0. The average Bonchev–Trinajstić information content (AvgIpc) is 1.82. The summed E-state index contributed by atoms with van der Waals surface area (Å²) in [5.41, 5.74) is 0.134. The summed E-state index contributed by atoms with van der Waals surface area (Å²) >= 11 is 0. The lowest BCUT2D eigenvalue weighted by Gasteiger charge is -2.21. The lowest BCUT2D eigenvalue weighted by Crippen LogP contribution is -2.39. The first kappa shape index (κ1) is 14.5. The zero-order valence-electron chi connectivity index (χ0n) is 8.16. The summed E-state index contributed by atoms with van der Waals surface area (Å²) in [4.78, 5) is 11.0. The molecular formula is C7H19NO3P+. The third-order valence-electron chi connectivity index (χ3n) is 1.19. The summed E-state index contributed by atoms with van der Waals surface area (Å²) in [6.07, 6.45) is 0.529. The van der Waals surface area contributed by atoms with E-state index in [0.29, 0.717) is 17.2 Å². The third kappa shape index (κ3) is 6.70. The topological polar surface area (TPSA) is 74.8 Å². The number of aliphatic hydroxyl groups is 1. The number of likely N-dealkylation sites (N-methyl/N-ethyl adjacent to an activating group) is 1. The lowest BCUT2D eigenvalue weighted by molar-refractivity contribution is -0.861. The molecule has 3 N–H and O–H groups in total. The van der Waals surface area contributed by atoms with Gasteiger partial charge in [-0.15, -0.1) is 0 Å². The Morgan fingerprint density at radius 2 is 1.83 bits per heavy atom. The van der Waals surface area contributed by atoms with Gasteiger partial charge in [0.1, 0.15) is 6.16 Å². The van der Waals surface area contributed by atoms with Crippen molar-refractivity contribution < 1.29 is 20.0 Å². The van der Waals surface area contributed by atoms with Gasteiger partial charge in [-0.1, -0.05) is 0 Å². The molecule has 0 bridgehead atoms. The Bertz CT molecular complexity index is 163. The molecule has 4 nitrogen and oxygen atoms in total. The number of hydrogen-bond donors (Lipinski definition) is 1. The smallest absolute Gasteiger partial charge is 0.273 e. The average molecular weight is 196 g/mol. The number of hydrogen-bond acceptors (Lipinski definition) is 1. The van der Waals surface area contributed by atoms with E-state index in [1.54, 1.807) is 0 Å². The molecule has 0 aliphatic carbocycles. The molecule has 12 heavy (non-hydrogen) atoms. The van der Waals surface area contributed by atoms with Crippen molar-refractivity contribution >= 4 is 13.3 Å². The van der Waals surface area contributed by atoms with Crippen molar-refractivity contribution in [3.63, 3.8) is 0 Å². The van der Waals surface area contributed by atoms with Gasteiger partial charge in [0.25, 0.3) is 5.48 Å². The Labute approximate surface area is 74.8 Å². The Morgan fingerprint density at radius 1 is 1.42 bits per heavy atom. The van der Waals surface area contributed by atoms with E-state index in [1.807, 2.05) is 28.1 Å². The summed E-state index contributed by atoms with van der Waals surface area (Å²) in [5, 5.41) is 9.27. The molecule has 0 fully saturated rings. The summed E-state index contributed by atoms with van der Waals surface area (Å²) in [6.45, 7) is 2.29. The molecule has 1 atom stereocenters. The fraction of sp³-hybridized carbons (Fsp3) is 0.857. The minimum Gasteiger partial charge on any atom is -0.629 e. The summed E-state index contributed by atoms with van der Waals surface area (Å²) in [7, 11) is 4.36. The molecule has 0 saturated heterocycles. The quantitative estimate of drug-likeness (QED) is 0.471. The van der Waals surface area contributed by atoms with Crippen LogP contribution in [0.2, 0.25) is 0 Å². The predicted molar refractivity (Wildman–Crippen MR) is 50.9 cm³/mol. The van der Waals surface area contributed by atoms with E-state index in [4.69, 9.17) is 0 Å². The van der Waals surface area contributed by atoms with Gasteiger partial charge >= 0.3 is 0 Å². The second-order valence-corrected chi connectivity index (χ2v) is 5.47. The van der Waals surface area contributed by atoms with E-state index >= 15 is 0 Å². The normalized spacial score (nSPS) is 13.5. The highest BCUT2D eigenvalue weighted by Crippen LogP contribution is 2.11. The van der Waals surface area contributed by atoms with Gasteiger partial charge in [0.15, 0.2) is 6.54 Å². The van der Waals surface area contributed by atoms with Gasteiger partial charge in [0, 0.05) is 0 Å². The summed E-state index contributed by atoms with van der Waals surface area (Å²) < 4.78 is 0.618. The van der Waals surface area contributed by atoms with Crippen molar-refractivity contribution in [2.24, 2.45) is 0 Å². The van der Waals surface area contributed by atoms with E-state index in [9.17, 15) is 10.00 Å². The molecule has 74 valence electrons. The van der Waals surface area contributed by atoms with Crippen LogP contribution in [0.3, 0.4) is 0 Å². The molecule has 0 spiro atoms. The number of nitrogens with zero attached hydrogens (tertiary/aromatic N) is 1. The zero-order chi connectivity index (χ0) is 9.07. The van der Waals surface area contributed by atoms with Crippen LogP contribution in [0.15, 0.2) is 0 Å².